The molecule has 0 aliphatic carbocycles. The topological polar surface area (TPSA) is 30.2 Å². The second-order valence-corrected chi connectivity index (χ2v) is 6.67. The molecule has 2 rings (SSSR count). The van der Waals surface area contributed by atoms with Gasteiger partial charge in [0.1, 0.15) is 0 Å². The highest BCUT2D eigenvalue weighted by Crippen LogP contribution is 2.24. The third-order valence-corrected chi connectivity index (χ3v) is 2.95. The summed E-state index contributed by atoms with van der Waals surface area (Å²) in [7, 11) is 0. The van der Waals surface area contributed by atoms with Crippen LogP contribution < -0.4 is 0 Å². The van der Waals surface area contributed by atoms with Crippen LogP contribution in [0.15, 0.2) is 18.5 Å². The van der Waals surface area contributed by atoms with E-state index in [0.29, 0.717) is 0 Å². The van der Waals surface area contributed by atoms with Crippen LogP contribution in [0.2, 0.25) is 0 Å². The first kappa shape index (κ1) is 12.1. The van der Waals surface area contributed by atoms with E-state index in [9.17, 15) is 0 Å². The molecular weight excluding hydrogens is 210 g/mol. The van der Waals surface area contributed by atoms with Gasteiger partial charge >= 0.3 is 0 Å². The molecule has 0 spiro atoms. The Morgan fingerprint density at radius 1 is 1.00 bits per heavy atom. The fourth-order valence-electron chi connectivity index (χ4n) is 1.63. The summed E-state index contributed by atoms with van der Waals surface area (Å²) < 4.78 is 1.89. The minimum atomic E-state index is 0.0651. The summed E-state index contributed by atoms with van der Waals surface area (Å²) >= 11 is 0. The van der Waals surface area contributed by atoms with Crippen LogP contribution in [-0.2, 0) is 10.8 Å². The molecule has 0 amide bonds. The Bertz CT molecular complexity index is 527. The van der Waals surface area contributed by atoms with Crippen LogP contribution in [0, 0.1) is 0 Å². The molecule has 3 nitrogen and oxygen atoms in total. The van der Waals surface area contributed by atoms with Gasteiger partial charge in [0, 0.05) is 23.9 Å². The van der Waals surface area contributed by atoms with Gasteiger partial charge in [-0.2, -0.15) is 5.10 Å². The smallest absolute Gasteiger partial charge is 0.155 e. The molecule has 3 heteroatoms. The van der Waals surface area contributed by atoms with Crippen molar-refractivity contribution in [2.45, 2.75) is 52.4 Å². The highest BCUT2D eigenvalue weighted by Gasteiger charge is 2.20. The van der Waals surface area contributed by atoms with E-state index in [-0.39, 0.29) is 10.8 Å². The van der Waals surface area contributed by atoms with Gasteiger partial charge in [-0.3, -0.25) is 0 Å². The number of hydrogen-bond acceptors (Lipinski definition) is 2. The zero-order chi connectivity index (χ0) is 12.8. The minimum Gasteiger partial charge on any atom is -0.237 e. The second-order valence-electron chi connectivity index (χ2n) is 6.67. The molecule has 0 radical (unpaired) electrons. The SMILES string of the molecule is CC(C)(C)c1cnc2cc(C(C)(C)C)nn2c1. The zero-order valence-corrected chi connectivity index (χ0v) is 11.6. The molecule has 0 aliphatic rings. The fraction of sp³-hybridized carbons (Fsp3) is 0.571. The van der Waals surface area contributed by atoms with Gasteiger partial charge in [0.05, 0.1) is 5.69 Å². The van der Waals surface area contributed by atoms with Gasteiger partial charge in [0.2, 0.25) is 0 Å². The van der Waals surface area contributed by atoms with E-state index in [4.69, 9.17) is 0 Å². The standard InChI is InChI=1S/C14H21N3/c1-13(2,3)10-8-15-12-7-11(14(4,5)6)16-17(12)9-10/h7-9H,1-6H3. The maximum absolute atomic E-state index is 4.61. The molecule has 0 fully saturated rings. The average Bonchev–Trinajstić information content (AvgIpc) is 2.57. The maximum Gasteiger partial charge on any atom is 0.155 e. The summed E-state index contributed by atoms with van der Waals surface area (Å²) in [4.78, 5) is 4.48. The molecule has 17 heavy (non-hydrogen) atoms. The van der Waals surface area contributed by atoms with Gasteiger partial charge in [-0.15, -0.1) is 0 Å². The van der Waals surface area contributed by atoms with Crippen molar-refractivity contribution in [3.63, 3.8) is 0 Å². The monoisotopic (exact) mass is 231 g/mol. The largest absolute Gasteiger partial charge is 0.237 e. The van der Waals surface area contributed by atoms with Gasteiger partial charge in [0.25, 0.3) is 0 Å². The van der Waals surface area contributed by atoms with Crippen molar-refractivity contribution >= 4 is 5.65 Å². The van der Waals surface area contributed by atoms with Crippen LogP contribution in [0.3, 0.4) is 0 Å². The van der Waals surface area contributed by atoms with Gasteiger partial charge in [0.15, 0.2) is 5.65 Å². The van der Waals surface area contributed by atoms with E-state index in [1.165, 1.54) is 5.56 Å². The third-order valence-electron chi connectivity index (χ3n) is 2.95. The zero-order valence-electron chi connectivity index (χ0n) is 11.6. The Labute approximate surface area is 103 Å². The van der Waals surface area contributed by atoms with Gasteiger partial charge in [-0.25, -0.2) is 9.50 Å². The average molecular weight is 231 g/mol. The molecular formula is C14H21N3. The number of fused-ring (bicyclic) bond motifs is 1. The number of rotatable bonds is 0. The lowest BCUT2D eigenvalue weighted by Crippen LogP contribution is -2.13. The lowest BCUT2D eigenvalue weighted by molar-refractivity contribution is 0.558. The van der Waals surface area contributed by atoms with E-state index in [1.807, 2.05) is 10.7 Å². The van der Waals surface area contributed by atoms with Crippen molar-refractivity contribution in [1.82, 2.24) is 14.6 Å². The Morgan fingerprint density at radius 2 is 1.65 bits per heavy atom. The van der Waals surface area contributed by atoms with Crippen molar-refractivity contribution in [3.05, 3.63) is 29.7 Å². The normalized spacial score (nSPS) is 13.3. The van der Waals surface area contributed by atoms with Crippen molar-refractivity contribution in [3.8, 4) is 0 Å². The van der Waals surface area contributed by atoms with E-state index >= 15 is 0 Å². The van der Waals surface area contributed by atoms with Crippen LogP contribution in [0.5, 0.6) is 0 Å². The van der Waals surface area contributed by atoms with E-state index in [1.54, 1.807) is 0 Å². The van der Waals surface area contributed by atoms with Crippen molar-refractivity contribution in [2.75, 3.05) is 0 Å². The first-order valence-electron chi connectivity index (χ1n) is 6.04. The predicted octanol–water partition coefficient (Wildman–Crippen LogP) is 3.32. The third kappa shape index (κ3) is 2.33. The molecule has 0 aromatic carbocycles. The predicted molar refractivity (Wildman–Crippen MR) is 70.4 cm³/mol. The summed E-state index contributed by atoms with van der Waals surface area (Å²) in [5.74, 6) is 0. The lowest BCUT2D eigenvalue weighted by atomic mass is 9.89. The summed E-state index contributed by atoms with van der Waals surface area (Å²) in [6.45, 7) is 13.1. The minimum absolute atomic E-state index is 0.0651. The Morgan fingerprint density at radius 3 is 2.18 bits per heavy atom. The molecule has 2 aromatic rings. The summed E-state index contributed by atoms with van der Waals surface area (Å²) in [5, 5.41) is 4.61. The van der Waals surface area contributed by atoms with Crippen LogP contribution in [0.25, 0.3) is 5.65 Å². The molecule has 0 unspecified atom stereocenters. The fourth-order valence-corrected chi connectivity index (χ4v) is 1.63. The quantitative estimate of drug-likeness (QED) is 0.696. The van der Waals surface area contributed by atoms with Gasteiger partial charge in [-0.1, -0.05) is 41.5 Å². The van der Waals surface area contributed by atoms with Gasteiger partial charge < -0.3 is 0 Å². The molecule has 92 valence electrons. The van der Waals surface area contributed by atoms with Crippen molar-refractivity contribution in [1.29, 1.82) is 0 Å². The van der Waals surface area contributed by atoms with Crippen LogP contribution >= 0.6 is 0 Å². The van der Waals surface area contributed by atoms with Crippen molar-refractivity contribution < 1.29 is 0 Å². The molecule has 0 atom stereocenters. The van der Waals surface area contributed by atoms with E-state index in [0.717, 1.165) is 11.3 Å². The molecule has 0 aliphatic heterocycles. The number of hydrogen-bond donors (Lipinski definition) is 0. The summed E-state index contributed by atoms with van der Waals surface area (Å²) in [6.07, 6.45) is 4.03. The Balaban J connectivity index is 2.56. The lowest BCUT2D eigenvalue weighted by Gasteiger charge is -2.17. The molecule has 2 heterocycles. The molecule has 0 saturated carbocycles. The number of aromatic nitrogens is 3. The number of nitrogens with zero attached hydrogens (tertiary/aromatic N) is 3. The van der Waals surface area contributed by atoms with E-state index in [2.05, 4.69) is 63.9 Å². The van der Waals surface area contributed by atoms with Gasteiger partial charge in [-0.05, 0) is 11.0 Å². The van der Waals surface area contributed by atoms with Crippen LogP contribution in [-0.4, -0.2) is 14.6 Å². The summed E-state index contributed by atoms with van der Waals surface area (Å²) in [5.41, 5.74) is 3.37. The Hall–Kier alpha value is -1.38. The molecule has 2 aromatic heterocycles. The van der Waals surface area contributed by atoms with E-state index < -0.39 is 0 Å². The van der Waals surface area contributed by atoms with Crippen molar-refractivity contribution in [2.24, 2.45) is 0 Å². The highest BCUT2D eigenvalue weighted by atomic mass is 15.2. The van der Waals surface area contributed by atoms with Crippen LogP contribution in [0.1, 0.15) is 52.8 Å². The first-order chi connectivity index (χ1) is 7.68. The van der Waals surface area contributed by atoms with Crippen LogP contribution in [0.4, 0.5) is 0 Å². The second kappa shape index (κ2) is 3.56. The maximum atomic E-state index is 4.61. The first-order valence-corrected chi connectivity index (χ1v) is 6.04. The Kier molecular flexibility index (Phi) is 2.53. The molecule has 0 bridgehead atoms. The molecule has 0 saturated heterocycles. The molecule has 0 N–H and O–H groups in total. The highest BCUT2D eigenvalue weighted by molar-refractivity contribution is 5.41. The summed E-state index contributed by atoms with van der Waals surface area (Å²) in [6, 6.07) is 2.06.